The lowest BCUT2D eigenvalue weighted by Gasteiger charge is -2.42. The van der Waals surface area contributed by atoms with Gasteiger partial charge in [0.05, 0.1) is 11.2 Å². The van der Waals surface area contributed by atoms with Gasteiger partial charge in [-0.3, -0.25) is 0 Å². The van der Waals surface area contributed by atoms with Crippen molar-refractivity contribution in [3.8, 4) is 0 Å². The molecule has 0 atom stereocenters. The van der Waals surface area contributed by atoms with E-state index in [9.17, 15) is 0 Å². The van der Waals surface area contributed by atoms with Gasteiger partial charge >= 0.3 is 0 Å². The third-order valence-corrected chi connectivity index (χ3v) is 3.95. The van der Waals surface area contributed by atoms with Crippen molar-refractivity contribution >= 4 is 21.7 Å². The van der Waals surface area contributed by atoms with Crippen molar-refractivity contribution in [1.29, 1.82) is 0 Å². The highest BCUT2D eigenvalue weighted by Crippen LogP contribution is 2.34. The van der Waals surface area contributed by atoms with Crippen LogP contribution >= 0.6 is 15.9 Å². The molecule has 0 aromatic carbocycles. The van der Waals surface area contributed by atoms with Crippen molar-refractivity contribution in [3.63, 3.8) is 0 Å². The van der Waals surface area contributed by atoms with Gasteiger partial charge in [0.1, 0.15) is 5.82 Å². The number of aromatic nitrogens is 1. The van der Waals surface area contributed by atoms with E-state index < -0.39 is 0 Å². The van der Waals surface area contributed by atoms with E-state index in [0.29, 0.717) is 6.54 Å². The summed E-state index contributed by atoms with van der Waals surface area (Å²) in [6.07, 6.45) is 3.57. The number of halogens is 1. The number of hydrogen-bond acceptors (Lipinski definition) is 3. The zero-order valence-corrected chi connectivity index (χ0v) is 10.5. The van der Waals surface area contributed by atoms with Gasteiger partial charge in [0.25, 0.3) is 0 Å². The molecular formula is C11H16BrN3. The van der Waals surface area contributed by atoms with Gasteiger partial charge in [-0.15, -0.1) is 0 Å². The third kappa shape index (κ3) is 2.16. The summed E-state index contributed by atoms with van der Waals surface area (Å²) in [7, 11) is 0. The van der Waals surface area contributed by atoms with E-state index in [1.807, 2.05) is 19.1 Å². The van der Waals surface area contributed by atoms with Crippen molar-refractivity contribution in [3.05, 3.63) is 22.3 Å². The Kier molecular flexibility index (Phi) is 2.98. The lowest BCUT2D eigenvalue weighted by atomic mass is 9.77. The van der Waals surface area contributed by atoms with E-state index >= 15 is 0 Å². The number of aryl methyl sites for hydroxylation is 1. The molecule has 1 aromatic heterocycles. The predicted molar refractivity (Wildman–Crippen MR) is 65.9 cm³/mol. The van der Waals surface area contributed by atoms with Crippen LogP contribution in [0.5, 0.6) is 0 Å². The molecular weight excluding hydrogens is 254 g/mol. The Morgan fingerprint density at radius 3 is 2.73 bits per heavy atom. The molecule has 15 heavy (non-hydrogen) atoms. The van der Waals surface area contributed by atoms with E-state index in [4.69, 9.17) is 5.73 Å². The highest BCUT2D eigenvalue weighted by molar-refractivity contribution is 9.10. The molecule has 0 amide bonds. The fraction of sp³-hybridized carbons (Fsp3) is 0.545. The Balaban J connectivity index is 2.13. The van der Waals surface area contributed by atoms with Gasteiger partial charge in [0.15, 0.2) is 0 Å². The standard InChI is InChI=1S/C11H16BrN3/c1-8-9(12)3-4-10(14-8)15-11(7-13)5-2-6-11/h3-4H,2,5-7,13H2,1H3,(H,14,15). The minimum absolute atomic E-state index is 0.104. The third-order valence-electron chi connectivity index (χ3n) is 3.12. The lowest BCUT2D eigenvalue weighted by Crippen LogP contribution is -2.51. The Hall–Kier alpha value is -0.610. The highest BCUT2D eigenvalue weighted by Gasteiger charge is 2.35. The van der Waals surface area contributed by atoms with Crippen molar-refractivity contribution in [2.24, 2.45) is 5.73 Å². The second-order valence-electron chi connectivity index (χ2n) is 4.23. The highest BCUT2D eigenvalue weighted by atomic mass is 79.9. The molecule has 1 aliphatic carbocycles. The maximum absolute atomic E-state index is 5.79. The fourth-order valence-corrected chi connectivity index (χ4v) is 2.09. The van der Waals surface area contributed by atoms with Crippen LogP contribution < -0.4 is 11.1 Å². The summed E-state index contributed by atoms with van der Waals surface area (Å²) in [6.45, 7) is 2.68. The molecule has 1 fully saturated rings. The number of nitrogens with one attached hydrogen (secondary N) is 1. The van der Waals surface area contributed by atoms with Crippen LogP contribution in [0, 0.1) is 6.92 Å². The largest absolute Gasteiger partial charge is 0.363 e. The van der Waals surface area contributed by atoms with Crippen molar-refractivity contribution in [2.45, 2.75) is 31.7 Å². The maximum atomic E-state index is 5.79. The van der Waals surface area contributed by atoms with Crippen LogP contribution in [0.3, 0.4) is 0 Å². The average molecular weight is 270 g/mol. The van der Waals surface area contributed by atoms with Crippen LogP contribution in [0.2, 0.25) is 0 Å². The summed E-state index contributed by atoms with van der Waals surface area (Å²) in [5, 5.41) is 3.45. The first-order valence-corrected chi connectivity index (χ1v) is 6.06. The number of nitrogens with zero attached hydrogens (tertiary/aromatic N) is 1. The molecule has 0 aliphatic heterocycles. The minimum atomic E-state index is 0.104. The number of anilines is 1. The van der Waals surface area contributed by atoms with E-state index in [0.717, 1.165) is 28.8 Å². The van der Waals surface area contributed by atoms with Crippen molar-refractivity contribution < 1.29 is 0 Å². The summed E-state index contributed by atoms with van der Waals surface area (Å²) in [4.78, 5) is 4.47. The first kappa shape index (κ1) is 10.9. The Labute approximate surface area is 98.6 Å². The van der Waals surface area contributed by atoms with Crippen LogP contribution in [0.1, 0.15) is 25.0 Å². The van der Waals surface area contributed by atoms with Crippen LogP contribution in [0.4, 0.5) is 5.82 Å². The lowest BCUT2D eigenvalue weighted by molar-refractivity contribution is 0.286. The van der Waals surface area contributed by atoms with Crippen molar-refractivity contribution in [1.82, 2.24) is 4.98 Å². The molecule has 3 N–H and O–H groups in total. The first-order chi connectivity index (χ1) is 7.15. The second kappa shape index (κ2) is 4.10. The molecule has 1 saturated carbocycles. The number of hydrogen-bond donors (Lipinski definition) is 2. The quantitative estimate of drug-likeness (QED) is 0.887. The van der Waals surface area contributed by atoms with E-state index in [-0.39, 0.29) is 5.54 Å². The number of rotatable bonds is 3. The van der Waals surface area contributed by atoms with E-state index in [1.54, 1.807) is 0 Å². The fourth-order valence-electron chi connectivity index (χ4n) is 1.87. The summed E-state index contributed by atoms with van der Waals surface area (Å²) in [5.41, 5.74) is 6.90. The maximum Gasteiger partial charge on any atom is 0.126 e. The molecule has 0 unspecified atom stereocenters. The van der Waals surface area contributed by atoms with Gasteiger partial charge in [0, 0.05) is 11.0 Å². The van der Waals surface area contributed by atoms with Crippen LogP contribution in [-0.2, 0) is 0 Å². The van der Waals surface area contributed by atoms with Gasteiger partial charge in [-0.25, -0.2) is 4.98 Å². The zero-order valence-electron chi connectivity index (χ0n) is 8.89. The topological polar surface area (TPSA) is 50.9 Å². The van der Waals surface area contributed by atoms with Crippen LogP contribution in [-0.4, -0.2) is 17.1 Å². The zero-order chi connectivity index (χ0) is 10.9. The molecule has 4 heteroatoms. The molecule has 0 saturated heterocycles. The van der Waals surface area contributed by atoms with Crippen LogP contribution in [0.15, 0.2) is 16.6 Å². The first-order valence-electron chi connectivity index (χ1n) is 5.27. The van der Waals surface area contributed by atoms with Crippen molar-refractivity contribution in [2.75, 3.05) is 11.9 Å². The Morgan fingerprint density at radius 1 is 1.53 bits per heavy atom. The smallest absolute Gasteiger partial charge is 0.126 e. The molecule has 2 rings (SSSR count). The molecule has 1 aromatic rings. The Morgan fingerprint density at radius 2 is 2.27 bits per heavy atom. The summed E-state index contributed by atoms with van der Waals surface area (Å²) in [5.74, 6) is 0.931. The van der Waals surface area contributed by atoms with Gasteiger partial charge in [-0.1, -0.05) is 0 Å². The summed E-state index contributed by atoms with van der Waals surface area (Å²) >= 11 is 3.44. The monoisotopic (exact) mass is 269 g/mol. The number of nitrogens with two attached hydrogens (primary N) is 1. The van der Waals surface area contributed by atoms with Gasteiger partial charge in [0.2, 0.25) is 0 Å². The molecule has 0 radical (unpaired) electrons. The van der Waals surface area contributed by atoms with Gasteiger partial charge < -0.3 is 11.1 Å². The average Bonchev–Trinajstić information content (AvgIpc) is 2.17. The molecule has 82 valence electrons. The van der Waals surface area contributed by atoms with E-state index in [1.165, 1.54) is 6.42 Å². The molecule has 1 aliphatic rings. The van der Waals surface area contributed by atoms with E-state index in [2.05, 4.69) is 26.2 Å². The van der Waals surface area contributed by atoms with Crippen LogP contribution in [0.25, 0.3) is 0 Å². The SMILES string of the molecule is Cc1nc(NC2(CN)CCC2)ccc1Br. The predicted octanol–water partition coefficient (Wildman–Crippen LogP) is 2.45. The summed E-state index contributed by atoms with van der Waals surface area (Å²) in [6, 6.07) is 4.01. The van der Waals surface area contributed by atoms with Gasteiger partial charge in [-0.05, 0) is 54.2 Å². The Bertz CT molecular complexity index is 355. The molecule has 0 bridgehead atoms. The molecule has 0 spiro atoms. The minimum Gasteiger partial charge on any atom is -0.363 e. The van der Waals surface area contributed by atoms with Gasteiger partial charge in [-0.2, -0.15) is 0 Å². The molecule has 3 nitrogen and oxygen atoms in total. The number of pyridine rings is 1. The summed E-state index contributed by atoms with van der Waals surface area (Å²) < 4.78 is 1.04. The molecule has 1 heterocycles. The normalized spacial score (nSPS) is 18.3. The second-order valence-corrected chi connectivity index (χ2v) is 5.08.